The maximum Gasteiger partial charge on any atom is 0.459 e. The van der Waals surface area contributed by atoms with Crippen LogP contribution in [0.15, 0.2) is 41.7 Å². The minimum Gasteiger partial charge on any atom is -0.462 e. The number of fused-ring (bicyclic) bond motifs is 1. The van der Waals surface area contributed by atoms with Crippen molar-refractivity contribution >= 4 is 51.8 Å². The van der Waals surface area contributed by atoms with Crippen molar-refractivity contribution in [3.63, 3.8) is 0 Å². The Morgan fingerprint density at radius 1 is 1.23 bits per heavy atom. The van der Waals surface area contributed by atoms with Gasteiger partial charge in [0, 0.05) is 6.42 Å². The van der Waals surface area contributed by atoms with E-state index in [0.717, 1.165) is 0 Å². The third-order valence-corrected chi connectivity index (χ3v) is 14.1. The Labute approximate surface area is 264 Å². The van der Waals surface area contributed by atoms with Gasteiger partial charge in [0.1, 0.15) is 34.7 Å². The summed E-state index contributed by atoms with van der Waals surface area (Å²) in [6.45, 7) is 15.6. The largest absolute Gasteiger partial charge is 0.462 e. The number of rotatable bonds is 12. The molecule has 16 heteroatoms. The zero-order valence-corrected chi connectivity index (χ0v) is 29.2. The molecule has 0 spiro atoms. The topological polar surface area (TPSA) is 162 Å². The number of nitrogen functional groups attached to an aromatic ring is 1. The Kier molecular flexibility index (Phi) is 10.5. The van der Waals surface area contributed by atoms with Crippen LogP contribution in [0.2, 0.25) is 18.1 Å². The van der Waals surface area contributed by atoms with Crippen molar-refractivity contribution in [1.82, 2.24) is 24.6 Å². The monoisotopic (exact) mass is 666 g/mol. The minimum absolute atomic E-state index is 0.0615. The number of anilines is 1. The first-order valence-electron chi connectivity index (χ1n) is 14.5. The fourth-order valence-electron chi connectivity index (χ4n) is 4.34. The molecular weight excluding hydrogens is 623 g/mol. The molecule has 3 heterocycles. The molecule has 0 radical (unpaired) electrons. The van der Waals surface area contributed by atoms with Gasteiger partial charge in [0.15, 0.2) is 14.0 Å². The average molecular weight is 667 g/mol. The highest BCUT2D eigenvalue weighted by Crippen LogP contribution is 2.47. The second-order valence-electron chi connectivity index (χ2n) is 12.5. The van der Waals surface area contributed by atoms with Crippen molar-refractivity contribution in [3.8, 4) is 5.75 Å². The first-order chi connectivity index (χ1) is 20.5. The van der Waals surface area contributed by atoms with Crippen LogP contribution in [-0.2, 0) is 27.8 Å². The molecule has 2 unspecified atom stereocenters. The molecule has 1 fully saturated rings. The Morgan fingerprint density at radius 3 is 2.55 bits per heavy atom. The Bertz CT molecular complexity index is 1500. The van der Waals surface area contributed by atoms with Crippen LogP contribution in [0, 0.1) is 0 Å². The van der Waals surface area contributed by atoms with Gasteiger partial charge in [-0.2, -0.15) is 10.1 Å². The molecule has 5 atom stereocenters. The van der Waals surface area contributed by atoms with Crippen molar-refractivity contribution in [2.75, 3.05) is 12.3 Å². The maximum atomic E-state index is 14.1. The normalized spacial score (nSPS) is 21.4. The first-order valence-corrected chi connectivity index (χ1v) is 19.4. The van der Waals surface area contributed by atoms with E-state index in [1.165, 1.54) is 6.92 Å². The van der Waals surface area contributed by atoms with Crippen LogP contribution in [0.3, 0.4) is 0 Å². The zero-order chi connectivity index (χ0) is 32.4. The van der Waals surface area contributed by atoms with Crippen LogP contribution in [0.5, 0.6) is 5.75 Å². The van der Waals surface area contributed by atoms with Crippen molar-refractivity contribution < 1.29 is 32.3 Å². The minimum atomic E-state index is -4.13. The Hall–Kier alpha value is -2.52. The highest BCUT2D eigenvalue weighted by atomic mass is 32.1. The molecule has 1 saturated heterocycles. The van der Waals surface area contributed by atoms with Crippen molar-refractivity contribution in [2.24, 2.45) is 0 Å². The van der Waals surface area contributed by atoms with E-state index in [4.69, 9.17) is 28.7 Å². The van der Waals surface area contributed by atoms with E-state index in [2.05, 4.69) is 66.5 Å². The number of hydrogen-bond acceptors (Lipinski definition) is 12. The summed E-state index contributed by atoms with van der Waals surface area (Å²) in [7, 11) is -6.42. The summed E-state index contributed by atoms with van der Waals surface area (Å²) in [4.78, 5) is 25.4. The molecule has 1 aliphatic rings. The number of para-hydroxylation sites is 1. The number of nitrogens with one attached hydrogen (secondary N) is 1. The fraction of sp³-hybridized carbons (Fsp3) is 0.571. The Morgan fingerprint density at radius 2 is 1.91 bits per heavy atom. The molecule has 2 aromatic heterocycles. The van der Waals surface area contributed by atoms with Gasteiger partial charge in [-0.05, 0) is 51.0 Å². The zero-order valence-electron chi connectivity index (χ0n) is 26.4. The van der Waals surface area contributed by atoms with Crippen LogP contribution in [0.25, 0.3) is 11.2 Å². The lowest BCUT2D eigenvalue weighted by Gasteiger charge is -2.39. The quantitative estimate of drug-likeness (QED) is 0.0732. The lowest BCUT2D eigenvalue weighted by Crippen LogP contribution is -2.46. The van der Waals surface area contributed by atoms with Crippen molar-refractivity contribution in [3.05, 3.63) is 36.7 Å². The number of esters is 1. The Balaban J connectivity index is 1.62. The molecule has 13 nitrogen and oxygen atoms in total. The van der Waals surface area contributed by atoms with Gasteiger partial charge in [-0.25, -0.2) is 14.5 Å². The van der Waals surface area contributed by atoms with Crippen LogP contribution in [0.1, 0.15) is 54.2 Å². The second-order valence-corrected chi connectivity index (χ2v) is 19.4. The van der Waals surface area contributed by atoms with E-state index in [1.54, 1.807) is 55.1 Å². The second kappa shape index (κ2) is 13.5. The predicted octanol–water partition coefficient (Wildman–Crippen LogP) is 5.51. The number of nitrogens with two attached hydrogens (primary N) is 1. The third-order valence-electron chi connectivity index (χ3n) is 7.60. The molecule has 3 N–H and O–H groups in total. The molecule has 0 bridgehead atoms. The van der Waals surface area contributed by atoms with E-state index < -0.39 is 46.5 Å². The number of benzene rings is 1. The highest BCUT2D eigenvalue weighted by Gasteiger charge is 2.46. The molecule has 3 aromatic rings. The summed E-state index contributed by atoms with van der Waals surface area (Å²) in [6.07, 6.45) is 0.0511. The summed E-state index contributed by atoms with van der Waals surface area (Å²) in [5.41, 5.74) is 6.86. The van der Waals surface area contributed by atoms with Crippen LogP contribution in [0.4, 0.5) is 5.95 Å². The molecule has 4 rings (SSSR count). The smallest absolute Gasteiger partial charge is 0.459 e. The standard InChI is InChI=1S/C28H43N6O7PSSi/c1-17(2)38-26(35)18(3)33-42(36,40-19-12-10-9-11-13-19)37-15-21-20(41-44(7,8)28(4,5)6)14-22(39-21)34-16-30-23-24(34)31-27(29)32-25(23)43/h9-13,16-18,20-22H,14-15H2,1-8H3,(H,33,36)(H3,29,31,32,43)/t18-,20?,21+,22+,42?/m0/s1. The molecule has 0 saturated carbocycles. The summed E-state index contributed by atoms with van der Waals surface area (Å²) < 4.78 is 46.3. The number of ether oxygens (including phenoxy) is 2. The van der Waals surface area contributed by atoms with Gasteiger partial charge in [-0.15, -0.1) is 12.6 Å². The van der Waals surface area contributed by atoms with Gasteiger partial charge >= 0.3 is 13.7 Å². The van der Waals surface area contributed by atoms with Gasteiger partial charge in [0.25, 0.3) is 0 Å². The average Bonchev–Trinajstić information content (AvgIpc) is 3.50. The maximum absolute atomic E-state index is 14.1. The predicted molar refractivity (Wildman–Crippen MR) is 172 cm³/mol. The summed E-state index contributed by atoms with van der Waals surface area (Å²) >= 11 is 4.39. The molecular formula is C28H43N6O7PSSi. The van der Waals surface area contributed by atoms with Crippen LogP contribution < -0.4 is 15.3 Å². The third kappa shape index (κ3) is 8.19. The lowest BCUT2D eigenvalue weighted by atomic mass is 10.2. The number of nitrogens with zero attached hydrogens (tertiary/aromatic N) is 4. The summed E-state index contributed by atoms with van der Waals surface area (Å²) in [6, 6.07) is 7.60. The molecule has 1 aliphatic heterocycles. The molecule has 242 valence electrons. The highest BCUT2D eigenvalue weighted by molar-refractivity contribution is 7.80. The van der Waals surface area contributed by atoms with Gasteiger partial charge in [-0.3, -0.25) is 13.9 Å². The van der Waals surface area contributed by atoms with Crippen molar-refractivity contribution in [1.29, 1.82) is 0 Å². The van der Waals surface area contributed by atoms with Crippen LogP contribution in [-0.4, -0.2) is 64.8 Å². The SMILES string of the molecule is CC(C)OC(=O)[C@H](C)NP(=O)(OC[C@H]1O[C@@H](n2cnc3c(S)nc(N)nc32)CC1O[Si](C)(C)C(C)(C)C)Oc1ccccc1. The van der Waals surface area contributed by atoms with E-state index >= 15 is 0 Å². The number of imidazole rings is 1. The molecule has 0 amide bonds. The first kappa shape index (κ1) is 34.4. The number of carbonyl (C=O) groups is 1. The van der Waals surface area contributed by atoms with Gasteiger partial charge < -0.3 is 24.2 Å². The van der Waals surface area contributed by atoms with E-state index in [0.29, 0.717) is 28.4 Å². The number of carbonyl (C=O) groups excluding carboxylic acids is 1. The number of hydrogen-bond donors (Lipinski definition) is 3. The van der Waals surface area contributed by atoms with E-state index in [1.807, 2.05) is 0 Å². The van der Waals surface area contributed by atoms with E-state index in [-0.39, 0.29) is 23.7 Å². The molecule has 0 aliphatic carbocycles. The summed E-state index contributed by atoms with van der Waals surface area (Å²) in [5.74, 6) is -0.225. The fourth-order valence-corrected chi connectivity index (χ4v) is 7.46. The van der Waals surface area contributed by atoms with Gasteiger partial charge in [-0.1, -0.05) is 39.0 Å². The molecule has 44 heavy (non-hydrogen) atoms. The van der Waals surface area contributed by atoms with Crippen molar-refractivity contribution in [2.45, 2.75) is 102 Å². The number of thiol groups is 1. The van der Waals surface area contributed by atoms with E-state index in [9.17, 15) is 9.36 Å². The summed E-state index contributed by atoms with van der Waals surface area (Å²) in [5, 5.41) is 3.00. The van der Waals surface area contributed by atoms with Crippen LogP contribution >= 0.6 is 20.4 Å². The van der Waals surface area contributed by atoms with Gasteiger partial charge in [0.05, 0.1) is 25.1 Å². The molecule has 1 aromatic carbocycles. The van der Waals surface area contributed by atoms with Gasteiger partial charge in [0.2, 0.25) is 5.95 Å². The number of aromatic nitrogens is 4. The lowest BCUT2D eigenvalue weighted by molar-refractivity contribution is -0.149.